The summed E-state index contributed by atoms with van der Waals surface area (Å²) in [5.41, 5.74) is 5.47. The Morgan fingerprint density at radius 1 is 1.48 bits per heavy atom. The molecular weight excluding hydrogens is 276 g/mol. The van der Waals surface area contributed by atoms with Crippen molar-refractivity contribution >= 4 is 11.5 Å². The standard InChI is InChI=1S/C13H20N4O4/c1-3-16(4-2)7-8-21-12-6-5-10(13(14)15-18)9-11(12)17(19)20/h5-6,9,18H,3-4,7-8H2,1-2H3,(H2,14,15). The second-order valence-corrected chi connectivity index (χ2v) is 4.30. The van der Waals surface area contributed by atoms with Crippen LogP contribution in [0, 0.1) is 10.1 Å². The van der Waals surface area contributed by atoms with Gasteiger partial charge in [-0.05, 0) is 25.2 Å². The Morgan fingerprint density at radius 3 is 2.67 bits per heavy atom. The summed E-state index contributed by atoms with van der Waals surface area (Å²) in [6.07, 6.45) is 0. The van der Waals surface area contributed by atoms with Crippen LogP contribution in [0.15, 0.2) is 23.4 Å². The zero-order valence-corrected chi connectivity index (χ0v) is 12.2. The zero-order valence-electron chi connectivity index (χ0n) is 12.2. The highest BCUT2D eigenvalue weighted by atomic mass is 16.6. The summed E-state index contributed by atoms with van der Waals surface area (Å²) in [5, 5.41) is 22.5. The summed E-state index contributed by atoms with van der Waals surface area (Å²) < 4.78 is 5.47. The molecule has 1 aromatic rings. The van der Waals surface area contributed by atoms with Crippen molar-refractivity contribution in [2.45, 2.75) is 13.8 Å². The van der Waals surface area contributed by atoms with E-state index in [4.69, 9.17) is 15.7 Å². The summed E-state index contributed by atoms with van der Waals surface area (Å²) in [4.78, 5) is 12.7. The van der Waals surface area contributed by atoms with E-state index in [1.54, 1.807) is 0 Å². The molecule has 0 unspecified atom stereocenters. The molecule has 0 aliphatic carbocycles. The van der Waals surface area contributed by atoms with Gasteiger partial charge in [-0.1, -0.05) is 19.0 Å². The first-order valence-corrected chi connectivity index (χ1v) is 6.64. The van der Waals surface area contributed by atoms with Crippen LogP contribution in [0.3, 0.4) is 0 Å². The maximum atomic E-state index is 11.1. The molecule has 0 fully saturated rings. The van der Waals surface area contributed by atoms with Crippen molar-refractivity contribution in [1.29, 1.82) is 0 Å². The third kappa shape index (κ3) is 4.60. The minimum Gasteiger partial charge on any atom is -0.485 e. The summed E-state index contributed by atoms with van der Waals surface area (Å²) in [6, 6.07) is 4.18. The number of likely N-dealkylation sites (N-methyl/N-ethyl adjacent to an activating group) is 1. The fourth-order valence-corrected chi connectivity index (χ4v) is 1.82. The predicted molar refractivity (Wildman–Crippen MR) is 78.9 cm³/mol. The smallest absolute Gasteiger partial charge is 0.311 e. The summed E-state index contributed by atoms with van der Waals surface area (Å²) in [5.74, 6) is -0.0190. The molecule has 116 valence electrons. The van der Waals surface area contributed by atoms with E-state index in [0.29, 0.717) is 13.2 Å². The number of benzene rings is 1. The van der Waals surface area contributed by atoms with Crippen molar-refractivity contribution in [2.75, 3.05) is 26.2 Å². The number of nitrogens with two attached hydrogens (primary N) is 1. The number of hydrogen-bond donors (Lipinski definition) is 2. The van der Waals surface area contributed by atoms with Crippen molar-refractivity contribution in [3.63, 3.8) is 0 Å². The number of ether oxygens (including phenoxy) is 1. The molecule has 1 aromatic carbocycles. The lowest BCUT2D eigenvalue weighted by Crippen LogP contribution is -2.28. The van der Waals surface area contributed by atoms with Crippen molar-refractivity contribution in [3.05, 3.63) is 33.9 Å². The molecule has 0 amide bonds. The first kappa shape index (κ1) is 16.7. The van der Waals surface area contributed by atoms with Crippen molar-refractivity contribution in [3.8, 4) is 5.75 Å². The normalized spacial score (nSPS) is 11.7. The van der Waals surface area contributed by atoms with Crippen LogP contribution in [0.2, 0.25) is 0 Å². The maximum Gasteiger partial charge on any atom is 0.311 e. The molecular formula is C13H20N4O4. The molecule has 0 aliphatic rings. The van der Waals surface area contributed by atoms with Gasteiger partial charge in [-0.2, -0.15) is 0 Å². The van der Waals surface area contributed by atoms with Crippen LogP contribution in [0.4, 0.5) is 5.69 Å². The van der Waals surface area contributed by atoms with Gasteiger partial charge in [0.1, 0.15) is 6.61 Å². The van der Waals surface area contributed by atoms with Gasteiger partial charge in [-0.15, -0.1) is 0 Å². The molecule has 8 heteroatoms. The molecule has 0 spiro atoms. The molecule has 0 atom stereocenters. The van der Waals surface area contributed by atoms with E-state index < -0.39 is 4.92 Å². The molecule has 0 heterocycles. The topological polar surface area (TPSA) is 114 Å². The Kier molecular flexibility index (Phi) is 6.41. The summed E-state index contributed by atoms with van der Waals surface area (Å²) >= 11 is 0. The molecule has 21 heavy (non-hydrogen) atoms. The highest BCUT2D eigenvalue weighted by Crippen LogP contribution is 2.27. The van der Waals surface area contributed by atoms with Crippen molar-refractivity contribution in [1.82, 2.24) is 4.90 Å². The zero-order chi connectivity index (χ0) is 15.8. The second kappa shape index (κ2) is 8.05. The van der Waals surface area contributed by atoms with Crippen LogP contribution in [0.1, 0.15) is 19.4 Å². The Labute approximate surface area is 122 Å². The first-order valence-electron chi connectivity index (χ1n) is 6.64. The van der Waals surface area contributed by atoms with Crippen LogP contribution in [-0.2, 0) is 0 Å². The fraction of sp³-hybridized carbons (Fsp3) is 0.462. The number of hydrogen-bond acceptors (Lipinski definition) is 6. The molecule has 0 saturated heterocycles. The summed E-state index contributed by atoms with van der Waals surface area (Å²) in [6.45, 7) is 6.90. The molecule has 0 bridgehead atoms. The molecule has 8 nitrogen and oxygen atoms in total. The van der Waals surface area contributed by atoms with E-state index in [2.05, 4.69) is 10.1 Å². The predicted octanol–water partition coefficient (Wildman–Crippen LogP) is 1.41. The van der Waals surface area contributed by atoms with Crippen LogP contribution < -0.4 is 10.5 Å². The van der Waals surface area contributed by atoms with Crippen molar-refractivity contribution in [2.24, 2.45) is 10.9 Å². The van der Waals surface area contributed by atoms with Gasteiger partial charge < -0.3 is 20.6 Å². The number of oxime groups is 1. The fourth-order valence-electron chi connectivity index (χ4n) is 1.82. The third-order valence-electron chi connectivity index (χ3n) is 3.12. The van der Waals surface area contributed by atoms with Crippen LogP contribution in [-0.4, -0.2) is 47.1 Å². The molecule has 0 radical (unpaired) electrons. The van der Waals surface area contributed by atoms with Crippen molar-refractivity contribution < 1.29 is 14.9 Å². The van der Waals surface area contributed by atoms with Gasteiger partial charge in [0.05, 0.1) is 4.92 Å². The van der Waals surface area contributed by atoms with Crippen LogP contribution in [0.5, 0.6) is 5.75 Å². The number of amidine groups is 1. The van der Waals surface area contributed by atoms with Gasteiger partial charge in [0.25, 0.3) is 0 Å². The second-order valence-electron chi connectivity index (χ2n) is 4.30. The Hall–Kier alpha value is -2.35. The molecule has 0 aliphatic heterocycles. The highest BCUT2D eigenvalue weighted by Gasteiger charge is 2.17. The van der Waals surface area contributed by atoms with E-state index in [9.17, 15) is 10.1 Å². The van der Waals surface area contributed by atoms with E-state index in [1.165, 1.54) is 18.2 Å². The highest BCUT2D eigenvalue weighted by molar-refractivity contribution is 5.97. The average molecular weight is 296 g/mol. The average Bonchev–Trinajstić information content (AvgIpc) is 2.50. The van der Waals surface area contributed by atoms with Gasteiger partial charge in [0, 0.05) is 18.2 Å². The van der Waals surface area contributed by atoms with Gasteiger partial charge in [0.15, 0.2) is 11.6 Å². The molecule has 1 rings (SSSR count). The molecule has 3 N–H and O–H groups in total. The number of nitro groups is 1. The van der Waals surface area contributed by atoms with E-state index in [-0.39, 0.29) is 22.8 Å². The van der Waals surface area contributed by atoms with E-state index in [1.807, 2.05) is 13.8 Å². The Balaban J connectivity index is 2.85. The van der Waals surface area contributed by atoms with E-state index in [0.717, 1.165) is 13.1 Å². The lowest BCUT2D eigenvalue weighted by Gasteiger charge is -2.18. The Bertz CT molecular complexity index is 515. The largest absolute Gasteiger partial charge is 0.485 e. The van der Waals surface area contributed by atoms with Gasteiger partial charge >= 0.3 is 5.69 Å². The monoisotopic (exact) mass is 296 g/mol. The first-order chi connectivity index (χ1) is 10.0. The third-order valence-corrected chi connectivity index (χ3v) is 3.12. The van der Waals surface area contributed by atoms with Gasteiger partial charge in [-0.25, -0.2) is 0 Å². The number of nitrogens with zero attached hydrogens (tertiary/aromatic N) is 3. The minimum absolute atomic E-state index is 0.168. The van der Waals surface area contributed by atoms with Gasteiger partial charge in [0.2, 0.25) is 0 Å². The Morgan fingerprint density at radius 2 is 2.14 bits per heavy atom. The van der Waals surface area contributed by atoms with E-state index >= 15 is 0 Å². The SMILES string of the molecule is CCN(CC)CCOc1ccc(C(N)=NO)cc1[N+](=O)[O-]. The number of nitro benzene ring substituents is 1. The van der Waals surface area contributed by atoms with Crippen LogP contribution >= 0.6 is 0 Å². The lowest BCUT2D eigenvalue weighted by molar-refractivity contribution is -0.385. The number of rotatable bonds is 8. The molecule has 0 saturated carbocycles. The van der Waals surface area contributed by atoms with Gasteiger partial charge in [-0.3, -0.25) is 10.1 Å². The lowest BCUT2D eigenvalue weighted by atomic mass is 10.1. The minimum atomic E-state index is -0.555. The quantitative estimate of drug-likeness (QED) is 0.246. The summed E-state index contributed by atoms with van der Waals surface area (Å²) in [7, 11) is 0. The maximum absolute atomic E-state index is 11.1. The molecule has 0 aromatic heterocycles. The van der Waals surface area contributed by atoms with Crippen LogP contribution in [0.25, 0.3) is 0 Å².